The van der Waals surface area contributed by atoms with Crippen molar-refractivity contribution in [2.75, 3.05) is 13.2 Å². The molecule has 0 saturated heterocycles. The maximum atomic E-state index is 13.3. The number of aromatic nitrogens is 2. The van der Waals surface area contributed by atoms with Gasteiger partial charge in [-0.25, -0.2) is 17.8 Å². The van der Waals surface area contributed by atoms with Crippen molar-refractivity contribution in [3.63, 3.8) is 0 Å². The van der Waals surface area contributed by atoms with E-state index < -0.39 is 21.9 Å². The summed E-state index contributed by atoms with van der Waals surface area (Å²) in [5.74, 6) is 0.957. The number of aryl methyl sites for hydroxylation is 1. The first kappa shape index (κ1) is 18.5. The van der Waals surface area contributed by atoms with Crippen LogP contribution in [0.4, 0.5) is 4.39 Å². The van der Waals surface area contributed by atoms with Crippen molar-refractivity contribution in [1.82, 2.24) is 14.3 Å². The van der Waals surface area contributed by atoms with Crippen LogP contribution < -0.4 is 14.2 Å². The monoisotopic (exact) mass is 403 g/mol. The van der Waals surface area contributed by atoms with Gasteiger partial charge in [0.1, 0.15) is 30.9 Å². The molecule has 1 aliphatic heterocycles. The van der Waals surface area contributed by atoms with Gasteiger partial charge in [-0.3, -0.25) is 0 Å². The highest BCUT2D eigenvalue weighted by Gasteiger charge is 2.27. The lowest BCUT2D eigenvalue weighted by Gasteiger charge is -2.21. The van der Waals surface area contributed by atoms with E-state index >= 15 is 0 Å². The molecule has 4 rings (SSSR count). The molecular weight excluding hydrogens is 385 g/mol. The van der Waals surface area contributed by atoms with Crippen molar-refractivity contribution in [1.29, 1.82) is 0 Å². The Labute approximate surface area is 161 Å². The van der Waals surface area contributed by atoms with E-state index in [0.717, 1.165) is 0 Å². The molecule has 1 aliphatic rings. The van der Waals surface area contributed by atoms with Gasteiger partial charge in [0.05, 0.1) is 4.90 Å². The van der Waals surface area contributed by atoms with Gasteiger partial charge >= 0.3 is 0 Å². The minimum atomic E-state index is -3.93. The molecule has 1 N–H and O–H groups in total. The van der Waals surface area contributed by atoms with Crippen LogP contribution in [0.3, 0.4) is 0 Å². The van der Waals surface area contributed by atoms with E-state index in [2.05, 4.69) is 9.71 Å². The summed E-state index contributed by atoms with van der Waals surface area (Å²) in [6.07, 6.45) is 3.29. The number of benzene rings is 2. The number of rotatable bonds is 5. The lowest BCUT2D eigenvalue weighted by molar-refractivity contribution is 0.171. The third-order valence-electron chi connectivity index (χ3n) is 4.42. The predicted molar refractivity (Wildman–Crippen MR) is 99.2 cm³/mol. The van der Waals surface area contributed by atoms with Gasteiger partial charge in [0, 0.05) is 25.5 Å². The van der Waals surface area contributed by atoms with Crippen LogP contribution in [0, 0.1) is 5.82 Å². The smallest absolute Gasteiger partial charge is 0.241 e. The summed E-state index contributed by atoms with van der Waals surface area (Å²) in [5, 5.41) is 0. The zero-order chi connectivity index (χ0) is 19.7. The van der Waals surface area contributed by atoms with E-state index in [0.29, 0.717) is 36.1 Å². The van der Waals surface area contributed by atoms with Crippen molar-refractivity contribution in [3.8, 4) is 11.5 Å². The second-order valence-electron chi connectivity index (χ2n) is 6.31. The van der Waals surface area contributed by atoms with Crippen LogP contribution in [-0.2, 0) is 17.1 Å². The highest BCUT2D eigenvalue weighted by atomic mass is 32.2. The maximum Gasteiger partial charge on any atom is 0.241 e. The number of sulfonamides is 1. The molecule has 0 aliphatic carbocycles. The van der Waals surface area contributed by atoms with Crippen molar-refractivity contribution >= 4 is 10.0 Å². The first-order valence-electron chi connectivity index (χ1n) is 8.59. The largest absolute Gasteiger partial charge is 0.486 e. The molecule has 0 amide bonds. The van der Waals surface area contributed by atoms with Crippen LogP contribution in [0.2, 0.25) is 0 Å². The minimum absolute atomic E-state index is 0.0399. The Morgan fingerprint density at radius 1 is 1.11 bits per heavy atom. The zero-order valence-electron chi connectivity index (χ0n) is 15.0. The normalized spacial score (nSPS) is 14.6. The Bertz CT molecular complexity index is 1100. The molecule has 0 bridgehead atoms. The van der Waals surface area contributed by atoms with Crippen molar-refractivity contribution in [3.05, 3.63) is 72.1 Å². The standard InChI is InChI=1S/C19H18FN3O4S/c1-23-9-8-21-19(23)18(13-2-4-14(20)5-3-13)22-28(24,25)15-6-7-16-17(12-15)27-11-10-26-16/h2-9,12,18,22H,10-11H2,1H3. The molecule has 0 fully saturated rings. The van der Waals surface area contributed by atoms with E-state index in [4.69, 9.17) is 9.47 Å². The van der Waals surface area contributed by atoms with E-state index in [1.807, 2.05) is 0 Å². The number of imidazole rings is 1. The van der Waals surface area contributed by atoms with Crippen LogP contribution in [0.5, 0.6) is 11.5 Å². The summed E-state index contributed by atoms with van der Waals surface area (Å²) in [5.41, 5.74) is 0.566. The number of hydrogen-bond acceptors (Lipinski definition) is 5. The van der Waals surface area contributed by atoms with Crippen molar-refractivity contribution < 1.29 is 22.3 Å². The zero-order valence-corrected chi connectivity index (χ0v) is 15.8. The predicted octanol–water partition coefficient (Wildman–Crippen LogP) is 2.40. The van der Waals surface area contributed by atoms with Crippen LogP contribution in [0.25, 0.3) is 0 Å². The third kappa shape index (κ3) is 3.58. The highest BCUT2D eigenvalue weighted by Crippen LogP contribution is 2.33. The molecule has 1 unspecified atom stereocenters. The summed E-state index contributed by atoms with van der Waals surface area (Å²) < 4.78 is 54.8. The van der Waals surface area contributed by atoms with Crippen molar-refractivity contribution in [2.45, 2.75) is 10.9 Å². The van der Waals surface area contributed by atoms with Gasteiger partial charge in [-0.2, -0.15) is 4.72 Å². The second kappa shape index (κ2) is 7.25. The van der Waals surface area contributed by atoms with Gasteiger partial charge in [-0.1, -0.05) is 12.1 Å². The molecule has 2 heterocycles. The van der Waals surface area contributed by atoms with E-state index in [1.54, 1.807) is 30.1 Å². The lowest BCUT2D eigenvalue weighted by atomic mass is 10.1. The fraction of sp³-hybridized carbons (Fsp3) is 0.211. The summed E-state index contributed by atoms with van der Waals surface area (Å²) in [7, 11) is -2.17. The molecule has 1 atom stereocenters. The van der Waals surface area contributed by atoms with Crippen LogP contribution in [-0.4, -0.2) is 31.2 Å². The first-order chi connectivity index (χ1) is 13.4. The highest BCUT2D eigenvalue weighted by molar-refractivity contribution is 7.89. The quantitative estimate of drug-likeness (QED) is 0.707. The minimum Gasteiger partial charge on any atom is -0.486 e. The Morgan fingerprint density at radius 2 is 1.82 bits per heavy atom. The number of hydrogen-bond donors (Lipinski definition) is 1. The number of fused-ring (bicyclic) bond motifs is 1. The number of nitrogens with one attached hydrogen (secondary N) is 1. The van der Waals surface area contributed by atoms with E-state index in [1.165, 1.54) is 36.4 Å². The summed E-state index contributed by atoms with van der Waals surface area (Å²) in [6.45, 7) is 0.776. The molecule has 3 aromatic rings. The molecule has 1 aromatic heterocycles. The number of nitrogens with zero attached hydrogens (tertiary/aromatic N) is 2. The molecule has 0 saturated carbocycles. The second-order valence-corrected chi connectivity index (χ2v) is 8.02. The van der Waals surface area contributed by atoms with E-state index in [9.17, 15) is 12.8 Å². The summed E-state index contributed by atoms with van der Waals surface area (Å²) in [4.78, 5) is 4.30. The van der Waals surface area contributed by atoms with Crippen molar-refractivity contribution in [2.24, 2.45) is 7.05 Å². The van der Waals surface area contributed by atoms with Crippen LogP contribution >= 0.6 is 0 Å². The van der Waals surface area contributed by atoms with Gasteiger partial charge < -0.3 is 14.0 Å². The first-order valence-corrected chi connectivity index (χ1v) is 10.1. The van der Waals surface area contributed by atoms with Gasteiger partial charge in [-0.05, 0) is 29.8 Å². The average Bonchev–Trinajstić information content (AvgIpc) is 3.12. The average molecular weight is 403 g/mol. The summed E-state index contributed by atoms with van der Waals surface area (Å²) >= 11 is 0. The lowest BCUT2D eigenvalue weighted by Crippen LogP contribution is -2.31. The Kier molecular flexibility index (Phi) is 4.78. The van der Waals surface area contributed by atoms with Crippen LogP contribution in [0.15, 0.2) is 59.8 Å². The molecule has 7 nitrogen and oxygen atoms in total. The fourth-order valence-corrected chi connectivity index (χ4v) is 4.19. The van der Waals surface area contributed by atoms with Crippen LogP contribution in [0.1, 0.15) is 17.4 Å². The molecule has 0 radical (unpaired) electrons. The molecular formula is C19H18FN3O4S. The Balaban J connectivity index is 1.71. The summed E-state index contributed by atoms with van der Waals surface area (Å²) in [6, 6.07) is 9.28. The SMILES string of the molecule is Cn1ccnc1C(NS(=O)(=O)c1ccc2c(c1)OCCO2)c1ccc(F)cc1. The van der Waals surface area contributed by atoms with Gasteiger partial charge in [0.15, 0.2) is 11.5 Å². The molecule has 0 spiro atoms. The third-order valence-corrected chi connectivity index (χ3v) is 5.84. The van der Waals surface area contributed by atoms with Gasteiger partial charge in [0.25, 0.3) is 0 Å². The Morgan fingerprint density at radius 3 is 2.50 bits per heavy atom. The number of ether oxygens (including phenoxy) is 2. The Hall–Kier alpha value is -2.91. The maximum absolute atomic E-state index is 13.3. The fourth-order valence-electron chi connectivity index (χ4n) is 2.99. The molecule has 2 aromatic carbocycles. The van der Waals surface area contributed by atoms with Gasteiger partial charge in [0.2, 0.25) is 10.0 Å². The van der Waals surface area contributed by atoms with E-state index in [-0.39, 0.29) is 4.90 Å². The number of halogens is 1. The molecule has 28 heavy (non-hydrogen) atoms. The molecule has 146 valence electrons. The topological polar surface area (TPSA) is 82.5 Å². The van der Waals surface area contributed by atoms with Gasteiger partial charge in [-0.15, -0.1) is 0 Å². The molecule has 9 heteroatoms.